The highest BCUT2D eigenvalue weighted by Crippen LogP contribution is 2.33. The van der Waals surface area contributed by atoms with E-state index in [9.17, 15) is 19.6 Å². The smallest absolute Gasteiger partial charge is 0.342 e. The second kappa shape index (κ2) is 10.1. The van der Waals surface area contributed by atoms with Crippen LogP contribution in [0.5, 0.6) is 0 Å². The van der Waals surface area contributed by atoms with Crippen LogP contribution in [-0.2, 0) is 11.3 Å². The van der Waals surface area contributed by atoms with Gasteiger partial charge in [0, 0.05) is 17.7 Å². The fourth-order valence-electron chi connectivity index (χ4n) is 3.93. The summed E-state index contributed by atoms with van der Waals surface area (Å²) in [5, 5.41) is 16.7. The number of hydrogen-bond donors (Lipinski definition) is 1. The van der Waals surface area contributed by atoms with Gasteiger partial charge in [-0.3, -0.25) is 14.9 Å². The number of furan rings is 1. The molecule has 0 aliphatic heterocycles. The lowest BCUT2D eigenvalue weighted by atomic mass is 9.95. The van der Waals surface area contributed by atoms with Crippen LogP contribution in [-0.4, -0.2) is 28.8 Å². The summed E-state index contributed by atoms with van der Waals surface area (Å²) in [6.07, 6.45) is 0. The topological polar surface area (TPSA) is 127 Å². The average Bonchev–Trinajstić information content (AvgIpc) is 3.22. The van der Waals surface area contributed by atoms with Crippen molar-refractivity contribution in [3.8, 4) is 28.5 Å². The standard InChI is InChI=1S/C27H22N4O5/c1-4-31-26(33)22(24(32)29-25-19(15-28)20(16(2)36-25)27(34)35-3)21(17-11-7-5-8-12-17)23(30-31)18-13-9-6-10-14-18/h5-14H,4H2,1-3H3,(H,29,32). The predicted octanol–water partition coefficient (Wildman–Crippen LogP) is 4.41. The minimum atomic E-state index is -0.803. The van der Waals surface area contributed by atoms with Crippen LogP contribution < -0.4 is 10.9 Å². The molecule has 0 aliphatic carbocycles. The van der Waals surface area contributed by atoms with Crippen molar-refractivity contribution in [2.45, 2.75) is 20.4 Å². The summed E-state index contributed by atoms with van der Waals surface area (Å²) in [4.78, 5) is 39.3. The van der Waals surface area contributed by atoms with Gasteiger partial charge in [0.2, 0.25) is 5.88 Å². The molecule has 0 aliphatic rings. The Hall–Kier alpha value is -4.97. The molecule has 180 valence electrons. The number of benzene rings is 2. The number of carbonyl (C=O) groups excluding carboxylic acids is 2. The maximum absolute atomic E-state index is 13.7. The van der Waals surface area contributed by atoms with Gasteiger partial charge in [-0.2, -0.15) is 10.4 Å². The van der Waals surface area contributed by atoms with E-state index in [2.05, 4.69) is 10.4 Å². The van der Waals surface area contributed by atoms with Crippen LogP contribution in [0.4, 0.5) is 5.88 Å². The number of hydrogen-bond acceptors (Lipinski definition) is 7. The van der Waals surface area contributed by atoms with Gasteiger partial charge in [-0.1, -0.05) is 60.7 Å². The van der Waals surface area contributed by atoms with E-state index in [1.165, 1.54) is 18.7 Å². The number of amides is 1. The highest BCUT2D eigenvalue weighted by Gasteiger charge is 2.29. The molecular formula is C27H22N4O5. The fraction of sp³-hybridized carbons (Fsp3) is 0.148. The zero-order chi connectivity index (χ0) is 25.8. The Kier molecular flexibility index (Phi) is 6.79. The minimum Gasteiger partial charge on any atom is -0.465 e. The van der Waals surface area contributed by atoms with E-state index in [0.717, 1.165) is 0 Å². The van der Waals surface area contributed by atoms with Crippen LogP contribution in [0.1, 0.15) is 39.0 Å². The summed E-state index contributed by atoms with van der Waals surface area (Å²) in [6.45, 7) is 3.45. The number of anilines is 1. The molecule has 0 spiro atoms. The lowest BCUT2D eigenvalue weighted by molar-refractivity contribution is 0.0598. The lowest BCUT2D eigenvalue weighted by Crippen LogP contribution is -2.32. The van der Waals surface area contributed by atoms with Crippen molar-refractivity contribution < 1.29 is 18.7 Å². The first-order valence-electron chi connectivity index (χ1n) is 11.1. The Balaban J connectivity index is 1.96. The molecule has 4 aromatic rings. The molecule has 9 heteroatoms. The van der Waals surface area contributed by atoms with Crippen molar-refractivity contribution >= 4 is 17.8 Å². The van der Waals surface area contributed by atoms with Crippen molar-refractivity contribution in [3.63, 3.8) is 0 Å². The van der Waals surface area contributed by atoms with Crippen LogP contribution in [0.25, 0.3) is 22.4 Å². The van der Waals surface area contributed by atoms with Crippen molar-refractivity contribution in [2.75, 3.05) is 12.4 Å². The number of carbonyl (C=O) groups is 2. The third kappa shape index (κ3) is 4.28. The summed E-state index contributed by atoms with van der Waals surface area (Å²) < 4.78 is 11.5. The molecule has 0 bridgehead atoms. The van der Waals surface area contributed by atoms with Crippen LogP contribution >= 0.6 is 0 Å². The first-order valence-corrected chi connectivity index (χ1v) is 11.1. The second-order valence-electron chi connectivity index (χ2n) is 7.75. The predicted molar refractivity (Wildman–Crippen MR) is 132 cm³/mol. The van der Waals surface area contributed by atoms with E-state index < -0.39 is 17.4 Å². The Morgan fingerprint density at radius 2 is 1.67 bits per heavy atom. The van der Waals surface area contributed by atoms with E-state index in [1.807, 2.05) is 42.5 Å². The van der Waals surface area contributed by atoms with Gasteiger partial charge >= 0.3 is 5.97 Å². The van der Waals surface area contributed by atoms with Crippen molar-refractivity contribution in [3.05, 3.63) is 93.5 Å². The van der Waals surface area contributed by atoms with E-state index in [1.54, 1.807) is 31.2 Å². The van der Waals surface area contributed by atoms with Gasteiger partial charge in [0.05, 0.1) is 12.8 Å². The first-order chi connectivity index (χ1) is 17.4. The summed E-state index contributed by atoms with van der Waals surface area (Å²) in [5.41, 5.74) is 1.04. The van der Waals surface area contributed by atoms with Gasteiger partial charge < -0.3 is 9.15 Å². The second-order valence-corrected chi connectivity index (χ2v) is 7.75. The number of aromatic nitrogens is 2. The highest BCUT2D eigenvalue weighted by molar-refractivity contribution is 6.11. The van der Waals surface area contributed by atoms with Gasteiger partial charge in [-0.15, -0.1) is 0 Å². The largest absolute Gasteiger partial charge is 0.465 e. The van der Waals surface area contributed by atoms with Gasteiger partial charge in [-0.05, 0) is 19.4 Å². The van der Waals surface area contributed by atoms with Crippen LogP contribution in [0.3, 0.4) is 0 Å². The molecule has 0 unspecified atom stereocenters. The van der Waals surface area contributed by atoms with Crippen molar-refractivity contribution in [2.24, 2.45) is 0 Å². The van der Waals surface area contributed by atoms with Crippen molar-refractivity contribution in [1.29, 1.82) is 5.26 Å². The van der Waals surface area contributed by atoms with E-state index in [-0.39, 0.29) is 34.9 Å². The average molecular weight is 482 g/mol. The fourth-order valence-corrected chi connectivity index (χ4v) is 3.93. The third-order valence-corrected chi connectivity index (χ3v) is 5.60. The Labute approximate surface area is 206 Å². The van der Waals surface area contributed by atoms with Crippen molar-refractivity contribution in [1.82, 2.24) is 9.78 Å². The van der Waals surface area contributed by atoms with E-state index >= 15 is 0 Å². The van der Waals surface area contributed by atoms with Gasteiger partial charge in [0.25, 0.3) is 11.5 Å². The normalized spacial score (nSPS) is 10.5. The molecule has 2 aromatic carbocycles. The molecule has 0 saturated heterocycles. The number of nitrogens with zero attached hydrogens (tertiary/aromatic N) is 3. The molecule has 0 atom stereocenters. The van der Waals surface area contributed by atoms with E-state index in [0.29, 0.717) is 22.4 Å². The Morgan fingerprint density at radius 1 is 1.06 bits per heavy atom. The number of nitrogens with one attached hydrogen (secondary N) is 1. The van der Waals surface area contributed by atoms with E-state index in [4.69, 9.17) is 9.15 Å². The maximum atomic E-state index is 13.7. The molecule has 0 saturated carbocycles. The highest BCUT2D eigenvalue weighted by atomic mass is 16.5. The monoisotopic (exact) mass is 482 g/mol. The number of esters is 1. The molecule has 2 heterocycles. The van der Waals surface area contributed by atoms with Crippen LogP contribution in [0, 0.1) is 18.3 Å². The first kappa shape index (κ1) is 24.2. The summed E-state index contributed by atoms with van der Waals surface area (Å²) in [6, 6.07) is 20.1. The minimum absolute atomic E-state index is 0.0933. The molecule has 1 N–H and O–H groups in total. The van der Waals surface area contributed by atoms with Gasteiger partial charge in [0.1, 0.15) is 28.5 Å². The Morgan fingerprint density at radius 3 is 2.22 bits per heavy atom. The molecule has 1 amide bonds. The third-order valence-electron chi connectivity index (χ3n) is 5.60. The summed E-state index contributed by atoms with van der Waals surface area (Å²) in [5.74, 6) is -1.73. The molecule has 0 radical (unpaired) electrons. The SMILES string of the molecule is CCn1nc(-c2ccccc2)c(-c2ccccc2)c(C(=O)Nc2oc(C)c(C(=O)OC)c2C#N)c1=O. The quantitative estimate of drug-likeness (QED) is 0.403. The number of nitriles is 1. The molecular weight excluding hydrogens is 460 g/mol. The number of ether oxygens (including phenoxy) is 1. The number of rotatable bonds is 6. The molecule has 4 rings (SSSR count). The molecule has 9 nitrogen and oxygen atoms in total. The Bertz CT molecular complexity index is 1550. The molecule has 0 fully saturated rings. The van der Waals surface area contributed by atoms with Gasteiger partial charge in [-0.25, -0.2) is 9.48 Å². The van der Waals surface area contributed by atoms with Crippen LogP contribution in [0.2, 0.25) is 0 Å². The number of methoxy groups -OCH3 is 1. The molecule has 36 heavy (non-hydrogen) atoms. The molecule has 2 aromatic heterocycles. The van der Waals surface area contributed by atoms with Crippen LogP contribution in [0.15, 0.2) is 69.9 Å². The summed E-state index contributed by atoms with van der Waals surface area (Å²) in [7, 11) is 1.18. The maximum Gasteiger partial charge on any atom is 0.342 e. The summed E-state index contributed by atoms with van der Waals surface area (Å²) >= 11 is 0. The lowest BCUT2D eigenvalue weighted by Gasteiger charge is -2.16. The van der Waals surface area contributed by atoms with Gasteiger partial charge in [0.15, 0.2) is 0 Å². The zero-order valence-corrected chi connectivity index (χ0v) is 19.9. The number of aryl methyl sites for hydroxylation is 2. The zero-order valence-electron chi connectivity index (χ0n) is 19.9.